The molecule has 7 heteroatoms. The third-order valence-corrected chi connectivity index (χ3v) is 5.11. The zero-order valence-electron chi connectivity index (χ0n) is 15.5. The lowest BCUT2D eigenvalue weighted by Gasteiger charge is -2.15. The van der Waals surface area contributed by atoms with Gasteiger partial charge in [-0.25, -0.2) is 0 Å². The number of rotatable bonds is 8. The van der Waals surface area contributed by atoms with E-state index in [0.717, 1.165) is 34.8 Å². The van der Waals surface area contributed by atoms with Gasteiger partial charge in [0.05, 0.1) is 19.1 Å². The van der Waals surface area contributed by atoms with Crippen molar-refractivity contribution < 1.29 is 18.8 Å². The smallest absolute Gasteiger partial charge is 0.273 e. The number of hydrogen-bond donors (Lipinski definition) is 1. The van der Waals surface area contributed by atoms with Crippen molar-refractivity contribution in [3.05, 3.63) is 53.0 Å². The SMILES string of the molecule is COc1ccc(CCC(C)NC(=O)c2cc(-c3cccs3)on2)c(OC)c1. The molecule has 6 nitrogen and oxygen atoms in total. The Labute approximate surface area is 162 Å². The molecule has 1 N–H and O–H groups in total. The average molecular weight is 386 g/mol. The maximum atomic E-state index is 12.4. The minimum absolute atomic E-state index is 0.0220. The molecule has 0 fully saturated rings. The van der Waals surface area contributed by atoms with Crippen molar-refractivity contribution in [3.63, 3.8) is 0 Å². The number of nitrogens with one attached hydrogen (secondary N) is 1. The summed E-state index contributed by atoms with van der Waals surface area (Å²) in [5.74, 6) is 1.90. The number of aryl methyl sites for hydroxylation is 1. The van der Waals surface area contributed by atoms with Crippen molar-refractivity contribution in [2.75, 3.05) is 14.2 Å². The fourth-order valence-electron chi connectivity index (χ4n) is 2.72. The second-order valence-electron chi connectivity index (χ2n) is 6.14. The van der Waals surface area contributed by atoms with Crippen LogP contribution in [0.1, 0.15) is 29.4 Å². The number of amides is 1. The number of hydrogen-bond acceptors (Lipinski definition) is 6. The van der Waals surface area contributed by atoms with Crippen molar-refractivity contribution in [2.24, 2.45) is 0 Å². The number of methoxy groups -OCH3 is 2. The molecule has 0 aliphatic heterocycles. The Morgan fingerprint density at radius 3 is 2.81 bits per heavy atom. The topological polar surface area (TPSA) is 73.6 Å². The number of aromatic nitrogens is 1. The fraction of sp³-hybridized carbons (Fsp3) is 0.300. The van der Waals surface area contributed by atoms with Gasteiger partial charge in [-0.1, -0.05) is 17.3 Å². The van der Waals surface area contributed by atoms with Crippen LogP contribution in [0.2, 0.25) is 0 Å². The van der Waals surface area contributed by atoms with Crippen molar-refractivity contribution in [3.8, 4) is 22.1 Å². The first-order chi connectivity index (χ1) is 13.1. The summed E-state index contributed by atoms with van der Waals surface area (Å²) in [6, 6.07) is 11.3. The highest BCUT2D eigenvalue weighted by Crippen LogP contribution is 2.26. The Morgan fingerprint density at radius 1 is 1.26 bits per heavy atom. The summed E-state index contributed by atoms with van der Waals surface area (Å²) in [5.41, 5.74) is 1.35. The normalized spacial score (nSPS) is 11.8. The molecule has 2 heterocycles. The molecule has 0 bridgehead atoms. The Balaban J connectivity index is 1.56. The molecule has 0 saturated carbocycles. The van der Waals surface area contributed by atoms with Crippen LogP contribution in [-0.4, -0.2) is 31.3 Å². The lowest BCUT2D eigenvalue weighted by molar-refractivity contribution is 0.0929. The zero-order valence-corrected chi connectivity index (χ0v) is 16.3. The summed E-state index contributed by atoms with van der Waals surface area (Å²) in [5, 5.41) is 8.79. The standard InChI is InChI=1S/C20H22N2O4S/c1-13(6-7-14-8-9-15(24-2)11-17(14)25-3)21-20(23)16-12-18(26-22-16)19-5-4-10-27-19/h4-5,8-13H,6-7H2,1-3H3,(H,21,23). The van der Waals surface area contributed by atoms with Crippen LogP contribution in [0.5, 0.6) is 11.5 Å². The van der Waals surface area contributed by atoms with Gasteiger partial charge in [-0.2, -0.15) is 0 Å². The monoisotopic (exact) mass is 386 g/mol. The first-order valence-corrected chi connectivity index (χ1v) is 9.51. The lowest BCUT2D eigenvalue weighted by atomic mass is 10.0. The van der Waals surface area contributed by atoms with Crippen LogP contribution >= 0.6 is 11.3 Å². The van der Waals surface area contributed by atoms with Crippen LogP contribution in [0.15, 0.2) is 46.3 Å². The van der Waals surface area contributed by atoms with Crippen LogP contribution in [0.25, 0.3) is 10.6 Å². The molecule has 1 unspecified atom stereocenters. The van der Waals surface area contributed by atoms with E-state index in [1.54, 1.807) is 31.6 Å². The number of carbonyl (C=O) groups excluding carboxylic acids is 1. The van der Waals surface area contributed by atoms with Gasteiger partial charge in [-0.05, 0) is 42.8 Å². The molecule has 0 spiro atoms. The van der Waals surface area contributed by atoms with Crippen molar-refractivity contribution in [1.29, 1.82) is 0 Å². The molecule has 2 aromatic heterocycles. The van der Waals surface area contributed by atoms with Crippen LogP contribution in [0.4, 0.5) is 0 Å². The zero-order chi connectivity index (χ0) is 19.2. The third kappa shape index (κ3) is 4.68. The number of ether oxygens (including phenoxy) is 2. The highest BCUT2D eigenvalue weighted by Gasteiger charge is 2.16. The predicted molar refractivity (Wildman–Crippen MR) is 105 cm³/mol. The molecule has 142 valence electrons. The highest BCUT2D eigenvalue weighted by atomic mass is 32.1. The second kappa shape index (κ2) is 8.73. The summed E-state index contributed by atoms with van der Waals surface area (Å²) in [4.78, 5) is 13.3. The van der Waals surface area contributed by atoms with Crippen LogP contribution in [-0.2, 0) is 6.42 Å². The number of thiophene rings is 1. The molecule has 3 rings (SSSR count). The minimum Gasteiger partial charge on any atom is -0.497 e. The van der Waals surface area contributed by atoms with E-state index in [9.17, 15) is 4.79 Å². The van der Waals surface area contributed by atoms with Gasteiger partial charge in [0.15, 0.2) is 11.5 Å². The van der Waals surface area contributed by atoms with E-state index in [4.69, 9.17) is 14.0 Å². The van der Waals surface area contributed by atoms with Gasteiger partial charge in [-0.3, -0.25) is 4.79 Å². The Hall–Kier alpha value is -2.80. The largest absolute Gasteiger partial charge is 0.497 e. The van der Waals surface area contributed by atoms with Gasteiger partial charge >= 0.3 is 0 Å². The Kier molecular flexibility index (Phi) is 6.13. The quantitative estimate of drug-likeness (QED) is 0.629. The lowest BCUT2D eigenvalue weighted by Crippen LogP contribution is -2.33. The van der Waals surface area contributed by atoms with E-state index in [-0.39, 0.29) is 17.6 Å². The fourth-order valence-corrected chi connectivity index (χ4v) is 3.39. The van der Waals surface area contributed by atoms with Crippen LogP contribution < -0.4 is 14.8 Å². The van der Waals surface area contributed by atoms with Gasteiger partial charge in [0.2, 0.25) is 0 Å². The number of benzene rings is 1. The van der Waals surface area contributed by atoms with Crippen LogP contribution in [0.3, 0.4) is 0 Å². The summed E-state index contributed by atoms with van der Waals surface area (Å²) < 4.78 is 15.9. The van der Waals surface area contributed by atoms with E-state index < -0.39 is 0 Å². The Morgan fingerprint density at radius 2 is 2.11 bits per heavy atom. The van der Waals surface area contributed by atoms with Gasteiger partial charge in [-0.15, -0.1) is 11.3 Å². The average Bonchev–Trinajstić information content (AvgIpc) is 3.37. The molecule has 0 radical (unpaired) electrons. The molecular formula is C20H22N2O4S. The van der Waals surface area contributed by atoms with Crippen molar-refractivity contribution >= 4 is 17.2 Å². The van der Waals surface area contributed by atoms with Gasteiger partial charge < -0.3 is 19.3 Å². The summed E-state index contributed by atoms with van der Waals surface area (Å²) >= 11 is 1.54. The van der Waals surface area contributed by atoms with E-state index in [1.165, 1.54) is 0 Å². The van der Waals surface area contributed by atoms with Gasteiger partial charge in [0.25, 0.3) is 5.91 Å². The molecule has 3 aromatic rings. The van der Waals surface area contributed by atoms with Crippen molar-refractivity contribution in [2.45, 2.75) is 25.8 Å². The summed E-state index contributed by atoms with van der Waals surface area (Å²) in [6.45, 7) is 1.97. The number of carbonyl (C=O) groups is 1. The molecule has 1 amide bonds. The molecule has 1 aromatic carbocycles. The Bertz CT molecular complexity index is 889. The molecule has 0 aliphatic carbocycles. The minimum atomic E-state index is -0.240. The maximum Gasteiger partial charge on any atom is 0.273 e. The van der Waals surface area contributed by atoms with E-state index in [2.05, 4.69) is 10.5 Å². The van der Waals surface area contributed by atoms with E-state index >= 15 is 0 Å². The van der Waals surface area contributed by atoms with E-state index in [1.807, 2.05) is 42.6 Å². The molecule has 0 saturated heterocycles. The first-order valence-electron chi connectivity index (χ1n) is 8.63. The molecule has 1 atom stereocenters. The second-order valence-corrected chi connectivity index (χ2v) is 7.09. The summed E-state index contributed by atoms with van der Waals surface area (Å²) in [7, 11) is 3.26. The van der Waals surface area contributed by atoms with E-state index in [0.29, 0.717) is 5.76 Å². The van der Waals surface area contributed by atoms with Crippen LogP contribution in [0, 0.1) is 0 Å². The first kappa shape index (κ1) is 19.0. The predicted octanol–water partition coefficient (Wildman–Crippen LogP) is 4.17. The maximum absolute atomic E-state index is 12.4. The summed E-state index contributed by atoms with van der Waals surface area (Å²) in [6.07, 6.45) is 1.54. The number of nitrogens with zero attached hydrogens (tertiary/aromatic N) is 1. The third-order valence-electron chi connectivity index (χ3n) is 4.23. The molecule has 27 heavy (non-hydrogen) atoms. The van der Waals surface area contributed by atoms with Crippen molar-refractivity contribution in [1.82, 2.24) is 10.5 Å². The van der Waals surface area contributed by atoms with Gasteiger partial charge in [0, 0.05) is 18.2 Å². The molecule has 0 aliphatic rings. The highest BCUT2D eigenvalue weighted by molar-refractivity contribution is 7.13. The van der Waals surface area contributed by atoms with Gasteiger partial charge in [0.1, 0.15) is 11.5 Å². The molecular weight excluding hydrogens is 364 g/mol.